The topological polar surface area (TPSA) is 92.1 Å². The van der Waals surface area contributed by atoms with Crippen LogP contribution in [-0.4, -0.2) is 21.9 Å². The van der Waals surface area contributed by atoms with E-state index in [1.165, 1.54) is 18.3 Å². The Morgan fingerprint density at radius 1 is 1.11 bits per heavy atom. The Bertz CT molecular complexity index is 1340. The molecule has 0 aliphatic heterocycles. The first-order chi connectivity index (χ1) is 16.8. The van der Waals surface area contributed by atoms with Crippen molar-refractivity contribution < 1.29 is 14.3 Å². The van der Waals surface area contributed by atoms with Crippen molar-refractivity contribution in [1.82, 2.24) is 4.57 Å². The fourth-order valence-electron chi connectivity index (χ4n) is 4.50. The number of nitrogen functional groups attached to an aromatic ring is 1. The number of nitrogens with one attached hydrogen (secondary N) is 1. The summed E-state index contributed by atoms with van der Waals surface area (Å²) >= 11 is 0. The summed E-state index contributed by atoms with van der Waals surface area (Å²) in [5.74, 6) is -1.13. The van der Waals surface area contributed by atoms with Gasteiger partial charge in [-0.15, -0.1) is 0 Å². The van der Waals surface area contributed by atoms with E-state index in [1.54, 1.807) is 24.3 Å². The van der Waals surface area contributed by atoms with Gasteiger partial charge in [-0.25, -0.2) is 9.18 Å². The van der Waals surface area contributed by atoms with Crippen LogP contribution < -0.4 is 5.73 Å². The Balaban J connectivity index is 0.00000167. The number of hydrogen-bond acceptors (Lipinski definition) is 3. The van der Waals surface area contributed by atoms with Crippen LogP contribution in [0.25, 0.3) is 27.7 Å². The van der Waals surface area contributed by atoms with Gasteiger partial charge in [0.05, 0.1) is 11.1 Å². The second-order valence-electron chi connectivity index (χ2n) is 8.29. The van der Waals surface area contributed by atoms with Gasteiger partial charge in [0.2, 0.25) is 0 Å². The molecule has 0 saturated carbocycles. The molecular weight excluding hydrogens is 441 g/mol. The molecule has 4 aromatic rings. The summed E-state index contributed by atoms with van der Waals surface area (Å²) in [4.78, 5) is 11.4. The fraction of sp³-hybridized carbons (Fsp3) is 0.241. The second kappa shape index (κ2) is 11.0. The molecular formula is C29H32FN3O2. The zero-order chi connectivity index (χ0) is 25.7. The van der Waals surface area contributed by atoms with E-state index in [0.29, 0.717) is 11.3 Å². The first-order valence-electron chi connectivity index (χ1n) is 11.9. The number of halogens is 1. The van der Waals surface area contributed by atoms with E-state index in [-0.39, 0.29) is 17.3 Å². The summed E-state index contributed by atoms with van der Waals surface area (Å²) in [6, 6.07) is 17.0. The number of aromatic carboxylic acids is 1. The molecule has 182 valence electrons. The quantitative estimate of drug-likeness (QED) is 0.190. The predicted octanol–water partition coefficient (Wildman–Crippen LogP) is 7.64. The average Bonchev–Trinajstić information content (AvgIpc) is 3.19. The van der Waals surface area contributed by atoms with Gasteiger partial charge in [-0.3, -0.25) is 0 Å². The number of carbonyl (C=O) groups is 1. The number of benzene rings is 3. The summed E-state index contributed by atoms with van der Waals surface area (Å²) in [6.07, 6.45) is 3.15. The third-order valence-corrected chi connectivity index (χ3v) is 6.06. The lowest BCUT2D eigenvalue weighted by Gasteiger charge is -2.19. The Morgan fingerprint density at radius 3 is 2.29 bits per heavy atom. The van der Waals surface area contributed by atoms with E-state index in [2.05, 4.69) is 18.4 Å². The zero-order valence-electron chi connectivity index (χ0n) is 20.6. The van der Waals surface area contributed by atoms with Crippen molar-refractivity contribution in [3.05, 3.63) is 83.3 Å². The zero-order valence-corrected chi connectivity index (χ0v) is 20.6. The van der Waals surface area contributed by atoms with E-state index in [0.717, 1.165) is 46.3 Å². The number of carboxylic acids is 1. The highest BCUT2D eigenvalue weighted by Gasteiger charge is 2.24. The molecule has 1 atom stereocenters. The molecule has 1 aromatic heterocycles. The van der Waals surface area contributed by atoms with E-state index < -0.39 is 5.97 Å². The van der Waals surface area contributed by atoms with Crippen LogP contribution in [0.5, 0.6) is 0 Å². The molecule has 3 aromatic carbocycles. The number of hydrogen-bond donors (Lipinski definition) is 3. The van der Waals surface area contributed by atoms with E-state index in [4.69, 9.17) is 11.1 Å². The lowest BCUT2D eigenvalue weighted by molar-refractivity contribution is 0.0697. The van der Waals surface area contributed by atoms with Crippen molar-refractivity contribution in [3.8, 4) is 16.8 Å². The number of aromatic nitrogens is 1. The lowest BCUT2D eigenvalue weighted by Crippen LogP contribution is -2.06. The van der Waals surface area contributed by atoms with Crippen LogP contribution in [0.1, 0.15) is 68.1 Å². The minimum Gasteiger partial charge on any atom is -0.478 e. The first kappa shape index (κ1) is 25.7. The Kier molecular flexibility index (Phi) is 8.07. The van der Waals surface area contributed by atoms with Crippen LogP contribution in [-0.2, 0) is 0 Å². The van der Waals surface area contributed by atoms with Gasteiger partial charge in [-0.2, -0.15) is 0 Å². The molecule has 0 aliphatic rings. The minimum atomic E-state index is -0.977. The van der Waals surface area contributed by atoms with Crippen molar-refractivity contribution in [2.45, 2.75) is 46.5 Å². The molecule has 0 aliphatic carbocycles. The third kappa shape index (κ3) is 4.97. The van der Waals surface area contributed by atoms with Gasteiger partial charge in [-0.05, 0) is 66.4 Å². The first-order valence-corrected chi connectivity index (χ1v) is 11.9. The number of rotatable bonds is 7. The molecule has 0 spiro atoms. The maximum Gasteiger partial charge on any atom is 0.335 e. The van der Waals surface area contributed by atoms with E-state index in [1.807, 2.05) is 38.1 Å². The highest BCUT2D eigenvalue weighted by atomic mass is 19.1. The van der Waals surface area contributed by atoms with E-state index in [9.17, 15) is 14.3 Å². The van der Waals surface area contributed by atoms with Crippen molar-refractivity contribution >= 4 is 28.8 Å². The number of nitrogens with two attached hydrogens (primary N) is 1. The van der Waals surface area contributed by atoms with Crippen LogP contribution in [0.2, 0.25) is 0 Å². The van der Waals surface area contributed by atoms with Gasteiger partial charge in [0.1, 0.15) is 5.82 Å². The average molecular weight is 474 g/mol. The molecule has 0 radical (unpaired) electrons. The van der Waals surface area contributed by atoms with Crippen LogP contribution in [0.4, 0.5) is 10.1 Å². The van der Waals surface area contributed by atoms with Crippen molar-refractivity contribution in [2.24, 2.45) is 0 Å². The molecule has 0 bridgehead atoms. The van der Waals surface area contributed by atoms with Gasteiger partial charge in [-0.1, -0.05) is 46.2 Å². The molecule has 4 rings (SSSR count). The minimum absolute atomic E-state index is 0.159. The third-order valence-electron chi connectivity index (χ3n) is 6.06. The van der Waals surface area contributed by atoms with Crippen molar-refractivity contribution in [2.75, 3.05) is 5.73 Å². The maximum absolute atomic E-state index is 13.7. The molecule has 0 amide bonds. The SMILES string of the molecule is CC.CCCC(C)c1c(-c2ccc(C(=O)O)cc2)c2cc(N)c(C=N)cc2n1-c1ccc(F)cc1. The van der Waals surface area contributed by atoms with Crippen molar-refractivity contribution in [3.63, 3.8) is 0 Å². The van der Waals surface area contributed by atoms with Gasteiger partial charge < -0.3 is 20.8 Å². The van der Waals surface area contributed by atoms with Gasteiger partial charge in [0, 0.05) is 39.8 Å². The van der Waals surface area contributed by atoms with Crippen molar-refractivity contribution in [1.29, 1.82) is 5.41 Å². The molecule has 6 heteroatoms. The largest absolute Gasteiger partial charge is 0.478 e. The summed E-state index contributed by atoms with van der Waals surface area (Å²) in [7, 11) is 0. The molecule has 35 heavy (non-hydrogen) atoms. The molecule has 0 saturated heterocycles. The fourth-order valence-corrected chi connectivity index (χ4v) is 4.50. The number of fused-ring (bicyclic) bond motifs is 1. The predicted molar refractivity (Wildman–Crippen MR) is 143 cm³/mol. The van der Waals surface area contributed by atoms with E-state index >= 15 is 0 Å². The summed E-state index contributed by atoms with van der Waals surface area (Å²) in [6.45, 7) is 8.29. The maximum atomic E-state index is 13.7. The van der Waals surface area contributed by atoms with Crippen LogP contribution >= 0.6 is 0 Å². The lowest BCUT2D eigenvalue weighted by atomic mass is 9.92. The Hall–Kier alpha value is -3.93. The molecule has 0 fully saturated rings. The summed E-state index contributed by atoms with van der Waals surface area (Å²) in [5.41, 5.74) is 12.2. The van der Waals surface area contributed by atoms with Gasteiger partial charge in [0.15, 0.2) is 0 Å². The summed E-state index contributed by atoms with van der Waals surface area (Å²) < 4.78 is 15.9. The highest BCUT2D eigenvalue weighted by molar-refractivity contribution is 6.04. The Labute approximate surface area is 205 Å². The number of carboxylic acid groups (broad SMARTS) is 1. The summed E-state index contributed by atoms with van der Waals surface area (Å²) in [5, 5.41) is 18.0. The monoisotopic (exact) mass is 473 g/mol. The molecule has 4 N–H and O–H groups in total. The molecule has 5 nitrogen and oxygen atoms in total. The van der Waals surface area contributed by atoms with Crippen LogP contribution in [0, 0.1) is 11.2 Å². The van der Waals surface area contributed by atoms with Crippen LogP contribution in [0.15, 0.2) is 60.7 Å². The second-order valence-corrected chi connectivity index (χ2v) is 8.29. The number of anilines is 1. The highest BCUT2D eigenvalue weighted by Crippen LogP contribution is 2.43. The standard InChI is InChI=1S/C27H26FN3O2.C2H6/c1-3-4-16(2)26-25(17-5-7-18(8-6-17)27(32)33)22-14-23(30)19(15-29)13-24(22)31(26)21-11-9-20(28)10-12-21;1-2/h5-16,29H,3-4,30H2,1-2H3,(H,32,33);1-2H3. The van der Waals surface area contributed by atoms with Gasteiger partial charge >= 0.3 is 5.97 Å². The smallest absolute Gasteiger partial charge is 0.335 e. The molecule has 1 unspecified atom stereocenters. The Morgan fingerprint density at radius 2 is 1.74 bits per heavy atom. The van der Waals surface area contributed by atoms with Gasteiger partial charge in [0.25, 0.3) is 0 Å². The normalized spacial score (nSPS) is 11.6. The number of nitrogens with zero attached hydrogens (tertiary/aromatic N) is 1. The van der Waals surface area contributed by atoms with Crippen LogP contribution in [0.3, 0.4) is 0 Å². The molecule has 1 heterocycles.